The molecule has 1 aromatic heterocycles. The van der Waals surface area contributed by atoms with Gasteiger partial charge in [-0.15, -0.1) is 0 Å². The van der Waals surface area contributed by atoms with Crippen molar-refractivity contribution in [2.75, 3.05) is 7.05 Å². The zero-order chi connectivity index (χ0) is 19.6. The highest BCUT2D eigenvalue weighted by Gasteiger charge is 2.16. The van der Waals surface area contributed by atoms with Crippen LogP contribution >= 0.6 is 11.6 Å². The van der Waals surface area contributed by atoms with E-state index in [1.54, 1.807) is 38.2 Å². The van der Waals surface area contributed by atoms with Gasteiger partial charge in [0.2, 0.25) is 0 Å². The molecule has 3 aromatic rings. The standard InChI is InChI=1S/C18H15ClN4O4/c1-11-20-17(27-21-11)12-3-5-13(6-4-12)18(24)22(2)10-14-9-15(23(25)26)7-8-16(14)19/h3-9H,10H2,1-2H3. The van der Waals surface area contributed by atoms with Gasteiger partial charge in [0, 0.05) is 41.9 Å². The SMILES string of the molecule is Cc1noc(-c2ccc(C(=O)N(C)Cc3cc([N+](=O)[O-])ccc3Cl)cc2)n1. The average molecular weight is 387 g/mol. The summed E-state index contributed by atoms with van der Waals surface area (Å²) in [5.74, 6) is 0.660. The van der Waals surface area contributed by atoms with Crippen molar-refractivity contribution in [3.05, 3.63) is 74.6 Å². The summed E-state index contributed by atoms with van der Waals surface area (Å²) in [4.78, 5) is 28.6. The number of hydrogen-bond donors (Lipinski definition) is 0. The van der Waals surface area contributed by atoms with E-state index in [1.165, 1.54) is 23.1 Å². The van der Waals surface area contributed by atoms with E-state index >= 15 is 0 Å². The van der Waals surface area contributed by atoms with E-state index in [-0.39, 0.29) is 18.1 Å². The molecule has 8 nitrogen and oxygen atoms in total. The smallest absolute Gasteiger partial charge is 0.269 e. The molecule has 0 aliphatic rings. The first-order valence-electron chi connectivity index (χ1n) is 7.94. The van der Waals surface area contributed by atoms with E-state index in [0.717, 1.165) is 0 Å². The average Bonchev–Trinajstić information content (AvgIpc) is 3.09. The Morgan fingerprint density at radius 1 is 1.26 bits per heavy atom. The summed E-state index contributed by atoms with van der Waals surface area (Å²) in [6.45, 7) is 1.86. The molecule has 0 fully saturated rings. The lowest BCUT2D eigenvalue weighted by molar-refractivity contribution is -0.384. The Labute approximate surface area is 159 Å². The third-order valence-electron chi connectivity index (χ3n) is 3.90. The molecule has 27 heavy (non-hydrogen) atoms. The lowest BCUT2D eigenvalue weighted by Crippen LogP contribution is -2.26. The molecule has 0 radical (unpaired) electrons. The number of non-ortho nitro benzene ring substituents is 1. The van der Waals surface area contributed by atoms with Gasteiger partial charge < -0.3 is 9.42 Å². The number of hydrogen-bond acceptors (Lipinski definition) is 6. The molecule has 3 rings (SSSR count). The molecular weight excluding hydrogens is 372 g/mol. The molecule has 0 aliphatic carbocycles. The molecule has 138 valence electrons. The summed E-state index contributed by atoms with van der Waals surface area (Å²) >= 11 is 6.10. The van der Waals surface area contributed by atoms with Crippen molar-refractivity contribution >= 4 is 23.2 Å². The summed E-state index contributed by atoms with van der Waals surface area (Å²) in [7, 11) is 1.60. The molecule has 0 bridgehead atoms. The number of carbonyl (C=O) groups is 1. The van der Waals surface area contributed by atoms with Crippen molar-refractivity contribution in [1.29, 1.82) is 0 Å². The lowest BCUT2D eigenvalue weighted by Gasteiger charge is -2.18. The van der Waals surface area contributed by atoms with E-state index in [9.17, 15) is 14.9 Å². The van der Waals surface area contributed by atoms with Crippen LogP contribution in [0.1, 0.15) is 21.7 Å². The Morgan fingerprint density at radius 3 is 2.56 bits per heavy atom. The molecule has 0 unspecified atom stereocenters. The molecule has 1 amide bonds. The minimum absolute atomic E-state index is 0.0746. The maximum absolute atomic E-state index is 12.6. The van der Waals surface area contributed by atoms with Crippen molar-refractivity contribution in [3.8, 4) is 11.5 Å². The van der Waals surface area contributed by atoms with Gasteiger partial charge in [-0.3, -0.25) is 14.9 Å². The molecule has 0 aliphatic heterocycles. The molecule has 0 saturated heterocycles. The summed E-state index contributed by atoms with van der Waals surface area (Å²) < 4.78 is 5.09. The molecule has 0 N–H and O–H groups in total. The first-order chi connectivity index (χ1) is 12.8. The van der Waals surface area contributed by atoms with Crippen LogP contribution in [0, 0.1) is 17.0 Å². The van der Waals surface area contributed by atoms with Gasteiger partial charge in [0.25, 0.3) is 17.5 Å². The second kappa shape index (κ2) is 7.55. The number of benzene rings is 2. The van der Waals surface area contributed by atoms with E-state index in [1.807, 2.05) is 0 Å². The van der Waals surface area contributed by atoms with Crippen LogP contribution in [0.25, 0.3) is 11.5 Å². The van der Waals surface area contributed by atoms with Crippen LogP contribution < -0.4 is 0 Å². The first kappa shape index (κ1) is 18.5. The van der Waals surface area contributed by atoms with Gasteiger partial charge in [-0.2, -0.15) is 4.98 Å². The fourth-order valence-electron chi connectivity index (χ4n) is 2.51. The van der Waals surface area contributed by atoms with Crippen molar-refractivity contribution in [2.24, 2.45) is 0 Å². The fourth-order valence-corrected chi connectivity index (χ4v) is 2.69. The van der Waals surface area contributed by atoms with Crippen molar-refractivity contribution < 1.29 is 14.2 Å². The van der Waals surface area contributed by atoms with E-state index in [0.29, 0.717) is 33.4 Å². The van der Waals surface area contributed by atoms with Gasteiger partial charge in [0.1, 0.15) is 0 Å². The molecule has 0 atom stereocenters. The highest BCUT2D eigenvalue weighted by molar-refractivity contribution is 6.31. The molecule has 0 saturated carbocycles. The third kappa shape index (κ3) is 4.12. The highest BCUT2D eigenvalue weighted by Crippen LogP contribution is 2.24. The topological polar surface area (TPSA) is 102 Å². The van der Waals surface area contributed by atoms with Gasteiger partial charge in [0.05, 0.1) is 4.92 Å². The minimum Gasteiger partial charge on any atom is -0.337 e. The van der Waals surface area contributed by atoms with Crippen LogP contribution in [0.5, 0.6) is 0 Å². The maximum atomic E-state index is 12.6. The Kier molecular flexibility index (Phi) is 5.18. The molecule has 2 aromatic carbocycles. The zero-order valence-electron chi connectivity index (χ0n) is 14.5. The summed E-state index contributed by atoms with van der Waals surface area (Å²) in [6, 6.07) is 10.9. The monoisotopic (exact) mass is 386 g/mol. The van der Waals surface area contributed by atoms with Crippen LogP contribution in [0.2, 0.25) is 5.02 Å². The molecular formula is C18H15ClN4O4. The molecule has 9 heteroatoms. The lowest BCUT2D eigenvalue weighted by atomic mass is 10.1. The summed E-state index contributed by atoms with van der Waals surface area (Å²) in [5, 5.41) is 15.0. The number of nitro groups is 1. The van der Waals surface area contributed by atoms with E-state index in [4.69, 9.17) is 16.1 Å². The molecule has 1 heterocycles. The van der Waals surface area contributed by atoms with Gasteiger partial charge in [0.15, 0.2) is 5.82 Å². The summed E-state index contributed by atoms with van der Waals surface area (Å²) in [6.07, 6.45) is 0. The van der Waals surface area contributed by atoms with Crippen LogP contribution in [-0.4, -0.2) is 32.9 Å². The van der Waals surface area contributed by atoms with Gasteiger partial charge in [-0.25, -0.2) is 0 Å². The predicted octanol–water partition coefficient (Wildman–Crippen LogP) is 3.88. The fraction of sp³-hybridized carbons (Fsp3) is 0.167. The van der Waals surface area contributed by atoms with Crippen LogP contribution in [0.4, 0.5) is 5.69 Å². The number of halogens is 1. The van der Waals surface area contributed by atoms with Gasteiger partial charge in [-0.1, -0.05) is 16.8 Å². The van der Waals surface area contributed by atoms with Crippen molar-refractivity contribution in [1.82, 2.24) is 15.0 Å². The highest BCUT2D eigenvalue weighted by atomic mass is 35.5. The normalized spacial score (nSPS) is 10.6. The second-order valence-corrected chi connectivity index (χ2v) is 6.33. The Morgan fingerprint density at radius 2 is 1.96 bits per heavy atom. The number of aromatic nitrogens is 2. The van der Waals surface area contributed by atoms with Gasteiger partial charge in [-0.05, 0) is 42.8 Å². The molecule has 0 spiro atoms. The van der Waals surface area contributed by atoms with Crippen LogP contribution in [0.15, 0.2) is 47.0 Å². The Balaban J connectivity index is 1.76. The predicted molar refractivity (Wildman–Crippen MR) is 98.4 cm³/mol. The largest absolute Gasteiger partial charge is 0.337 e. The van der Waals surface area contributed by atoms with E-state index in [2.05, 4.69) is 10.1 Å². The van der Waals surface area contributed by atoms with Gasteiger partial charge >= 0.3 is 0 Å². The number of rotatable bonds is 5. The number of amides is 1. The van der Waals surface area contributed by atoms with Crippen molar-refractivity contribution in [2.45, 2.75) is 13.5 Å². The number of nitrogens with zero attached hydrogens (tertiary/aromatic N) is 4. The minimum atomic E-state index is -0.500. The maximum Gasteiger partial charge on any atom is 0.269 e. The summed E-state index contributed by atoms with van der Waals surface area (Å²) in [5.41, 5.74) is 1.59. The van der Waals surface area contributed by atoms with Crippen molar-refractivity contribution in [3.63, 3.8) is 0 Å². The second-order valence-electron chi connectivity index (χ2n) is 5.92. The van der Waals surface area contributed by atoms with Crippen LogP contribution in [0.3, 0.4) is 0 Å². The Hall–Kier alpha value is -3.26. The number of aryl methyl sites for hydroxylation is 1. The third-order valence-corrected chi connectivity index (χ3v) is 4.27. The quantitative estimate of drug-likeness (QED) is 0.487. The number of carbonyl (C=O) groups excluding carboxylic acids is 1. The zero-order valence-corrected chi connectivity index (χ0v) is 15.3. The van der Waals surface area contributed by atoms with Crippen LogP contribution in [-0.2, 0) is 6.54 Å². The Bertz CT molecular complexity index is 1000. The van der Waals surface area contributed by atoms with E-state index < -0.39 is 4.92 Å². The first-order valence-corrected chi connectivity index (χ1v) is 8.32. The number of nitro benzene ring substituents is 1.